The number of benzene rings is 2. The summed E-state index contributed by atoms with van der Waals surface area (Å²) in [5.74, 6) is -0.981. The van der Waals surface area contributed by atoms with Crippen molar-refractivity contribution < 1.29 is 9.59 Å². The molecule has 8 heteroatoms. The summed E-state index contributed by atoms with van der Waals surface area (Å²) in [6.07, 6.45) is 0. The molecule has 2 aromatic heterocycles. The van der Waals surface area contributed by atoms with E-state index >= 15 is 0 Å². The van der Waals surface area contributed by atoms with Crippen molar-refractivity contribution in [1.29, 1.82) is 0 Å². The van der Waals surface area contributed by atoms with E-state index in [9.17, 15) is 9.59 Å². The summed E-state index contributed by atoms with van der Waals surface area (Å²) in [5.41, 5.74) is 8.76. The number of aryl methyl sites for hydroxylation is 2. The van der Waals surface area contributed by atoms with Crippen molar-refractivity contribution in [3.8, 4) is 5.69 Å². The quantitative estimate of drug-likeness (QED) is 0.497. The standard InChI is InChI=1S/C21H17ClN4O2S/c1-11-5-3-4-6-17(11)26-21-15(12(2)25-26)10-18(29-21)20(28)24-16-9-13(22)7-8-14(16)19(23)27/h3-10H,1-2H3,(H2,23,27)(H,24,28). The van der Waals surface area contributed by atoms with Crippen molar-refractivity contribution >= 4 is 50.7 Å². The topological polar surface area (TPSA) is 90.0 Å². The van der Waals surface area contributed by atoms with E-state index in [-0.39, 0.29) is 17.2 Å². The number of fused-ring (bicyclic) bond motifs is 1. The molecule has 2 amide bonds. The summed E-state index contributed by atoms with van der Waals surface area (Å²) in [6.45, 7) is 3.93. The molecule has 0 radical (unpaired) electrons. The minimum Gasteiger partial charge on any atom is -0.366 e. The first kappa shape index (κ1) is 19.2. The Bertz CT molecular complexity index is 1280. The Morgan fingerprint density at radius 2 is 1.90 bits per heavy atom. The minimum absolute atomic E-state index is 0.200. The van der Waals surface area contributed by atoms with Gasteiger partial charge >= 0.3 is 0 Å². The molecule has 0 fully saturated rings. The Kier molecular flexibility index (Phi) is 4.86. The molecule has 0 unspecified atom stereocenters. The van der Waals surface area contributed by atoms with E-state index in [1.54, 1.807) is 12.1 Å². The number of amides is 2. The fraction of sp³-hybridized carbons (Fsp3) is 0.0952. The summed E-state index contributed by atoms with van der Waals surface area (Å²) in [4.78, 5) is 25.9. The van der Waals surface area contributed by atoms with E-state index in [1.165, 1.54) is 23.5 Å². The summed E-state index contributed by atoms with van der Waals surface area (Å²) in [6, 6.07) is 14.3. The first-order valence-electron chi connectivity index (χ1n) is 8.81. The zero-order valence-electron chi connectivity index (χ0n) is 15.7. The molecule has 4 aromatic rings. The Labute approximate surface area is 175 Å². The molecule has 0 spiro atoms. The zero-order valence-corrected chi connectivity index (χ0v) is 17.3. The van der Waals surface area contributed by atoms with Crippen molar-refractivity contribution in [3.05, 3.63) is 75.3 Å². The normalized spacial score (nSPS) is 11.0. The van der Waals surface area contributed by atoms with Crippen LogP contribution in [0.4, 0.5) is 5.69 Å². The number of nitrogens with two attached hydrogens (primary N) is 1. The SMILES string of the molecule is Cc1ccccc1-n1nc(C)c2cc(C(=O)Nc3cc(Cl)ccc3C(N)=O)sc21. The maximum Gasteiger partial charge on any atom is 0.265 e. The van der Waals surface area contributed by atoms with Crippen LogP contribution in [-0.4, -0.2) is 21.6 Å². The lowest BCUT2D eigenvalue weighted by molar-refractivity contribution is 0.100. The highest BCUT2D eigenvalue weighted by Crippen LogP contribution is 2.32. The van der Waals surface area contributed by atoms with Crippen molar-refractivity contribution in [2.75, 3.05) is 5.32 Å². The van der Waals surface area contributed by atoms with E-state index in [1.807, 2.05) is 42.8 Å². The molecule has 2 aromatic carbocycles. The molecule has 0 aliphatic carbocycles. The minimum atomic E-state index is -0.639. The molecule has 0 atom stereocenters. The summed E-state index contributed by atoms with van der Waals surface area (Å²) in [7, 11) is 0. The van der Waals surface area contributed by atoms with E-state index in [4.69, 9.17) is 17.3 Å². The van der Waals surface area contributed by atoms with Crippen LogP contribution >= 0.6 is 22.9 Å². The molecule has 2 heterocycles. The fourth-order valence-corrected chi connectivity index (χ4v) is 4.39. The Hall–Kier alpha value is -3.16. The number of nitrogens with zero attached hydrogens (tertiary/aromatic N) is 2. The van der Waals surface area contributed by atoms with Gasteiger partial charge in [0.1, 0.15) is 4.83 Å². The number of carbonyl (C=O) groups excluding carboxylic acids is 2. The van der Waals surface area contributed by atoms with Gasteiger partial charge in [0, 0.05) is 10.4 Å². The van der Waals surface area contributed by atoms with Gasteiger partial charge < -0.3 is 11.1 Å². The molecule has 0 aliphatic rings. The van der Waals surface area contributed by atoms with Crippen LogP contribution in [0.25, 0.3) is 15.9 Å². The van der Waals surface area contributed by atoms with Gasteiger partial charge in [-0.3, -0.25) is 9.59 Å². The smallest absolute Gasteiger partial charge is 0.265 e. The molecule has 0 saturated heterocycles. The van der Waals surface area contributed by atoms with Gasteiger partial charge in [-0.15, -0.1) is 11.3 Å². The van der Waals surface area contributed by atoms with Crippen LogP contribution in [0.2, 0.25) is 5.02 Å². The van der Waals surface area contributed by atoms with Crippen molar-refractivity contribution in [2.45, 2.75) is 13.8 Å². The number of hydrogen-bond donors (Lipinski definition) is 2. The fourth-order valence-electron chi connectivity index (χ4n) is 3.14. The number of rotatable bonds is 4. The van der Waals surface area contributed by atoms with Crippen LogP contribution in [0.15, 0.2) is 48.5 Å². The predicted octanol–water partition coefficient (Wildman–Crippen LogP) is 4.71. The monoisotopic (exact) mass is 424 g/mol. The number of thiophene rings is 1. The lowest BCUT2D eigenvalue weighted by Crippen LogP contribution is -2.17. The molecule has 0 aliphatic heterocycles. The van der Waals surface area contributed by atoms with Crippen molar-refractivity contribution in [3.63, 3.8) is 0 Å². The summed E-state index contributed by atoms with van der Waals surface area (Å²) in [5, 5.41) is 8.68. The van der Waals surface area contributed by atoms with Gasteiger partial charge in [0.25, 0.3) is 11.8 Å². The highest BCUT2D eigenvalue weighted by molar-refractivity contribution is 7.20. The van der Waals surface area contributed by atoms with Gasteiger partial charge in [-0.2, -0.15) is 5.10 Å². The van der Waals surface area contributed by atoms with E-state index < -0.39 is 5.91 Å². The second-order valence-corrected chi connectivity index (χ2v) is 8.09. The third-order valence-electron chi connectivity index (χ3n) is 4.61. The largest absolute Gasteiger partial charge is 0.366 e. The van der Waals surface area contributed by atoms with Gasteiger partial charge in [0.15, 0.2) is 0 Å². The van der Waals surface area contributed by atoms with Gasteiger partial charge in [0.2, 0.25) is 0 Å². The second-order valence-electron chi connectivity index (χ2n) is 6.62. The lowest BCUT2D eigenvalue weighted by atomic mass is 10.1. The van der Waals surface area contributed by atoms with Crippen LogP contribution in [-0.2, 0) is 0 Å². The van der Waals surface area contributed by atoms with Crippen molar-refractivity contribution in [2.24, 2.45) is 5.73 Å². The maximum atomic E-state index is 12.9. The average Bonchev–Trinajstić information content (AvgIpc) is 3.23. The van der Waals surface area contributed by atoms with E-state index in [2.05, 4.69) is 10.4 Å². The number of hydrogen-bond acceptors (Lipinski definition) is 4. The van der Waals surface area contributed by atoms with Crippen LogP contribution in [0, 0.1) is 13.8 Å². The molecule has 4 rings (SSSR count). The van der Waals surface area contributed by atoms with Crippen LogP contribution in [0.5, 0.6) is 0 Å². The van der Waals surface area contributed by atoms with E-state index in [0.29, 0.717) is 9.90 Å². The molecule has 29 heavy (non-hydrogen) atoms. The Morgan fingerprint density at radius 3 is 2.62 bits per heavy atom. The van der Waals surface area contributed by atoms with E-state index in [0.717, 1.165) is 27.2 Å². The number of primary amides is 1. The molecule has 146 valence electrons. The predicted molar refractivity (Wildman–Crippen MR) is 116 cm³/mol. The first-order valence-corrected chi connectivity index (χ1v) is 10.0. The number of para-hydroxylation sites is 1. The molecular formula is C21H17ClN4O2S. The molecular weight excluding hydrogens is 408 g/mol. The third kappa shape index (κ3) is 3.50. The lowest BCUT2D eigenvalue weighted by Gasteiger charge is -2.08. The number of carbonyl (C=O) groups is 2. The average molecular weight is 425 g/mol. The summed E-state index contributed by atoms with van der Waals surface area (Å²) >= 11 is 7.34. The number of anilines is 1. The Balaban J connectivity index is 1.74. The Morgan fingerprint density at radius 1 is 1.14 bits per heavy atom. The molecule has 0 saturated carbocycles. The highest BCUT2D eigenvalue weighted by Gasteiger charge is 2.19. The van der Waals surface area contributed by atoms with Crippen LogP contribution < -0.4 is 11.1 Å². The third-order valence-corrected chi connectivity index (χ3v) is 5.95. The van der Waals surface area contributed by atoms with Gasteiger partial charge in [-0.1, -0.05) is 29.8 Å². The molecule has 6 nitrogen and oxygen atoms in total. The van der Waals surface area contributed by atoms with Gasteiger partial charge in [-0.05, 0) is 49.7 Å². The maximum absolute atomic E-state index is 12.9. The van der Waals surface area contributed by atoms with Crippen molar-refractivity contribution in [1.82, 2.24) is 9.78 Å². The highest BCUT2D eigenvalue weighted by atomic mass is 35.5. The van der Waals surface area contributed by atoms with Gasteiger partial charge in [-0.25, -0.2) is 4.68 Å². The van der Waals surface area contributed by atoms with Crippen LogP contribution in [0.1, 0.15) is 31.3 Å². The first-order chi connectivity index (χ1) is 13.8. The molecule has 3 N–H and O–H groups in total. The van der Waals surface area contributed by atoms with Gasteiger partial charge in [0.05, 0.1) is 27.5 Å². The molecule has 0 bridgehead atoms. The van der Waals surface area contributed by atoms with Crippen LogP contribution in [0.3, 0.4) is 0 Å². The summed E-state index contributed by atoms with van der Waals surface area (Å²) < 4.78 is 1.86. The zero-order chi connectivity index (χ0) is 20.7. The number of nitrogens with one attached hydrogen (secondary N) is 1. The number of halogens is 1. The number of aromatic nitrogens is 2. The second kappa shape index (κ2) is 7.35.